The van der Waals surface area contributed by atoms with Crippen LogP contribution in [0.5, 0.6) is 0 Å². The lowest BCUT2D eigenvalue weighted by Crippen LogP contribution is -1.93. The summed E-state index contributed by atoms with van der Waals surface area (Å²) in [5.74, 6) is 1.45. The van der Waals surface area contributed by atoms with Crippen LogP contribution in [-0.2, 0) is 5.75 Å². The third-order valence-corrected chi connectivity index (χ3v) is 3.21. The Labute approximate surface area is 104 Å². The second-order valence-corrected chi connectivity index (χ2v) is 4.70. The van der Waals surface area contributed by atoms with E-state index in [1.807, 2.05) is 6.07 Å². The van der Waals surface area contributed by atoms with Crippen LogP contribution in [0.4, 0.5) is 0 Å². The molecule has 0 radical (unpaired) electrons. The van der Waals surface area contributed by atoms with Crippen LogP contribution in [0.1, 0.15) is 21.7 Å². The van der Waals surface area contributed by atoms with Gasteiger partial charge in [-0.25, -0.2) is 9.97 Å². The minimum Gasteiger partial charge on any atom is -0.298 e. The molecule has 17 heavy (non-hydrogen) atoms. The summed E-state index contributed by atoms with van der Waals surface area (Å²) in [6.07, 6.45) is 3.84. The van der Waals surface area contributed by atoms with Gasteiger partial charge in [0, 0.05) is 17.3 Å². The summed E-state index contributed by atoms with van der Waals surface area (Å²) >= 11 is 1.69. The average Bonchev–Trinajstić information content (AvgIpc) is 2.37. The van der Waals surface area contributed by atoms with Crippen LogP contribution in [0.3, 0.4) is 0 Å². The second kappa shape index (κ2) is 5.59. The van der Waals surface area contributed by atoms with E-state index in [2.05, 4.69) is 35.1 Å². The molecule has 2 rings (SSSR count). The Balaban J connectivity index is 1.99. The summed E-state index contributed by atoms with van der Waals surface area (Å²) < 4.78 is 0. The third-order valence-electron chi connectivity index (χ3n) is 2.22. The molecule has 1 aromatic heterocycles. The van der Waals surface area contributed by atoms with E-state index in [1.165, 1.54) is 10.5 Å². The van der Waals surface area contributed by atoms with Gasteiger partial charge in [0.05, 0.1) is 11.3 Å². The minimum absolute atomic E-state index is 0.509. The molecule has 4 heteroatoms. The molecule has 3 nitrogen and oxygen atoms in total. The van der Waals surface area contributed by atoms with E-state index < -0.39 is 0 Å². The number of benzene rings is 1. The number of aryl methyl sites for hydroxylation is 1. The number of rotatable bonds is 4. The Hall–Kier alpha value is -1.68. The van der Waals surface area contributed by atoms with Crippen molar-refractivity contribution < 1.29 is 4.79 Å². The monoisotopic (exact) mass is 244 g/mol. The van der Waals surface area contributed by atoms with Crippen molar-refractivity contribution in [3.63, 3.8) is 0 Å². The fraction of sp³-hybridized carbons (Fsp3) is 0.154. The molecular weight excluding hydrogens is 232 g/mol. The molecule has 0 aliphatic rings. The Morgan fingerprint density at radius 1 is 1.29 bits per heavy atom. The molecule has 0 unspecified atom stereocenters. The summed E-state index contributed by atoms with van der Waals surface area (Å²) in [6.45, 7) is 2.07. The highest BCUT2D eigenvalue weighted by atomic mass is 32.2. The number of nitrogens with zero attached hydrogens (tertiary/aromatic N) is 2. The maximum atomic E-state index is 10.4. The van der Waals surface area contributed by atoms with Crippen molar-refractivity contribution in [1.29, 1.82) is 0 Å². The van der Waals surface area contributed by atoms with Crippen LogP contribution in [-0.4, -0.2) is 16.3 Å². The molecule has 0 saturated heterocycles. The predicted molar refractivity (Wildman–Crippen MR) is 68.2 cm³/mol. The van der Waals surface area contributed by atoms with Gasteiger partial charge in [-0.1, -0.05) is 17.7 Å². The van der Waals surface area contributed by atoms with Crippen molar-refractivity contribution in [1.82, 2.24) is 9.97 Å². The topological polar surface area (TPSA) is 42.9 Å². The van der Waals surface area contributed by atoms with E-state index >= 15 is 0 Å². The normalized spacial score (nSPS) is 10.2. The summed E-state index contributed by atoms with van der Waals surface area (Å²) in [5, 5.41) is 0. The average molecular weight is 244 g/mol. The van der Waals surface area contributed by atoms with E-state index in [0.29, 0.717) is 11.3 Å². The van der Waals surface area contributed by atoms with Crippen molar-refractivity contribution >= 4 is 18.0 Å². The van der Waals surface area contributed by atoms with E-state index in [0.717, 1.165) is 12.1 Å². The molecule has 0 aliphatic heterocycles. The molecule has 0 aliphatic carbocycles. The maximum Gasteiger partial charge on any atom is 0.153 e. The highest BCUT2D eigenvalue weighted by molar-refractivity contribution is 7.98. The van der Waals surface area contributed by atoms with Crippen molar-refractivity contribution in [2.45, 2.75) is 17.6 Å². The fourth-order valence-corrected chi connectivity index (χ4v) is 2.24. The minimum atomic E-state index is 0.509. The number of carbonyl (C=O) groups is 1. The van der Waals surface area contributed by atoms with E-state index in [1.54, 1.807) is 24.2 Å². The Kier molecular flexibility index (Phi) is 3.88. The molecule has 0 saturated carbocycles. The van der Waals surface area contributed by atoms with Crippen LogP contribution < -0.4 is 0 Å². The number of thioether (sulfide) groups is 1. The van der Waals surface area contributed by atoms with Crippen molar-refractivity contribution in [2.75, 3.05) is 0 Å². The first-order valence-corrected chi connectivity index (χ1v) is 6.22. The lowest BCUT2D eigenvalue weighted by atomic mass is 10.2. The summed E-state index contributed by atoms with van der Waals surface area (Å²) in [7, 11) is 0. The van der Waals surface area contributed by atoms with Gasteiger partial charge in [0.2, 0.25) is 0 Å². The van der Waals surface area contributed by atoms with Gasteiger partial charge in [-0.2, -0.15) is 0 Å². The molecule has 0 N–H and O–H groups in total. The first-order valence-electron chi connectivity index (χ1n) is 5.23. The van der Waals surface area contributed by atoms with Crippen LogP contribution in [0.15, 0.2) is 41.6 Å². The zero-order valence-corrected chi connectivity index (χ0v) is 10.3. The number of carbonyl (C=O) groups excluding carboxylic acids is 1. The van der Waals surface area contributed by atoms with E-state index in [9.17, 15) is 4.79 Å². The van der Waals surface area contributed by atoms with Gasteiger partial charge in [0.25, 0.3) is 0 Å². The first-order chi connectivity index (χ1) is 8.28. The number of aromatic nitrogens is 2. The van der Waals surface area contributed by atoms with Gasteiger partial charge in [0.1, 0.15) is 5.82 Å². The van der Waals surface area contributed by atoms with E-state index in [-0.39, 0.29) is 0 Å². The summed E-state index contributed by atoms with van der Waals surface area (Å²) in [5.41, 5.74) is 1.75. The molecule has 0 bridgehead atoms. The van der Waals surface area contributed by atoms with Gasteiger partial charge in [-0.15, -0.1) is 11.8 Å². The van der Waals surface area contributed by atoms with Crippen LogP contribution in [0.2, 0.25) is 0 Å². The molecule has 0 fully saturated rings. The van der Waals surface area contributed by atoms with Crippen molar-refractivity contribution in [3.8, 4) is 0 Å². The SMILES string of the molecule is Cc1cccc(SCc2ncc(C=O)cn2)c1. The molecular formula is C13H12N2OS. The predicted octanol–water partition coefficient (Wildman–Crippen LogP) is 2.89. The first kappa shape index (κ1) is 11.8. The van der Waals surface area contributed by atoms with E-state index in [4.69, 9.17) is 0 Å². The zero-order chi connectivity index (χ0) is 12.1. The fourth-order valence-electron chi connectivity index (χ4n) is 1.35. The van der Waals surface area contributed by atoms with Crippen molar-refractivity contribution in [3.05, 3.63) is 53.6 Å². The van der Waals surface area contributed by atoms with Gasteiger partial charge in [0.15, 0.2) is 6.29 Å². The lowest BCUT2D eigenvalue weighted by molar-refractivity contribution is 0.112. The molecule has 1 heterocycles. The Bertz CT molecular complexity index is 511. The molecule has 2 aromatic rings. The second-order valence-electron chi connectivity index (χ2n) is 3.66. The summed E-state index contributed by atoms with van der Waals surface area (Å²) in [4.78, 5) is 19.9. The number of aldehydes is 1. The largest absolute Gasteiger partial charge is 0.298 e. The number of hydrogen-bond donors (Lipinski definition) is 0. The highest BCUT2D eigenvalue weighted by Gasteiger charge is 1.99. The Morgan fingerprint density at radius 2 is 2.06 bits per heavy atom. The molecule has 86 valence electrons. The molecule has 1 aromatic carbocycles. The lowest BCUT2D eigenvalue weighted by Gasteiger charge is -2.01. The standard InChI is InChI=1S/C13H12N2OS/c1-10-3-2-4-12(5-10)17-9-13-14-6-11(8-16)7-15-13/h2-8H,9H2,1H3. The van der Waals surface area contributed by atoms with Gasteiger partial charge >= 0.3 is 0 Å². The molecule has 0 atom stereocenters. The van der Waals surface area contributed by atoms with Gasteiger partial charge in [-0.05, 0) is 19.1 Å². The molecule has 0 spiro atoms. The van der Waals surface area contributed by atoms with Gasteiger partial charge in [-0.3, -0.25) is 4.79 Å². The highest BCUT2D eigenvalue weighted by Crippen LogP contribution is 2.21. The quantitative estimate of drug-likeness (QED) is 0.612. The molecule has 0 amide bonds. The summed E-state index contributed by atoms with van der Waals surface area (Å²) in [6, 6.07) is 8.30. The smallest absolute Gasteiger partial charge is 0.153 e. The number of hydrogen-bond acceptors (Lipinski definition) is 4. The van der Waals surface area contributed by atoms with Crippen molar-refractivity contribution in [2.24, 2.45) is 0 Å². The van der Waals surface area contributed by atoms with Gasteiger partial charge < -0.3 is 0 Å². The third kappa shape index (κ3) is 3.39. The maximum absolute atomic E-state index is 10.4. The Morgan fingerprint density at radius 3 is 2.71 bits per heavy atom. The van der Waals surface area contributed by atoms with Crippen LogP contribution in [0, 0.1) is 6.92 Å². The van der Waals surface area contributed by atoms with Crippen LogP contribution >= 0.6 is 11.8 Å². The van der Waals surface area contributed by atoms with Crippen LogP contribution in [0.25, 0.3) is 0 Å². The zero-order valence-electron chi connectivity index (χ0n) is 9.46.